The zero-order chi connectivity index (χ0) is 17.2. The van der Waals surface area contributed by atoms with Gasteiger partial charge in [-0.1, -0.05) is 23.7 Å². The number of nitrogens with zero attached hydrogens (tertiary/aromatic N) is 1. The third-order valence-electron chi connectivity index (χ3n) is 3.97. The SMILES string of the molecule is O=C(Nc1cccc(-c2csc(Nc3ccc(Cl)cc3)n2)c1)C1CC1. The highest BCUT2D eigenvalue weighted by molar-refractivity contribution is 7.14. The lowest BCUT2D eigenvalue weighted by Gasteiger charge is -2.06. The van der Waals surface area contributed by atoms with E-state index in [2.05, 4.69) is 15.6 Å². The third-order valence-corrected chi connectivity index (χ3v) is 4.98. The largest absolute Gasteiger partial charge is 0.332 e. The minimum atomic E-state index is 0.112. The van der Waals surface area contributed by atoms with Crippen molar-refractivity contribution in [3.05, 3.63) is 58.9 Å². The Morgan fingerprint density at radius 2 is 1.92 bits per heavy atom. The van der Waals surface area contributed by atoms with E-state index < -0.39 is 0 Å². The first-order valence-corrected chi connectivity index (χ1v) is 9.32. The molecule has 0 saturated heterocycles. The molecule has 1 heterocycles. The first kappa shape index (κ1) is 16.1. The maximum Gasteiger partial charge on any atom is 0.227 e. The molecule has 25 heavy (non-hydrogen) atoms. The van der Waals surface area contributed by atoms with Crippen LogP contribution < -0.4 is 10.6 Å². The van der Waals surface area contributed by atoms with Gasteiger partial charge in [0.1, 0.15) is 0 Å². The smallest absolute Gasteiger partial charge is 0.227 e. The van der Waals surface area contributed by atoms with E-state index >= 15 is 0 Å². The molecule has 2 aromatic carbocycles. The van der Waals surface area contributed by atoms with Crippen LogP contribution in [0.5, 0.6) is 0 Å². The Morgan fingerprint density at radius 3 is 2.68 bits per heavy atom. The third kappa shape index (κ3) is 4.00. The first-order valence-electron chi connectivity index (χ1n) is 8.07. The second-order valence-electron chi connectivity index (χ2n) is 6.01. The molecule has 1 aliphatic rings. The van der Waals surface area contributed by atoms with Gasteiger partial charge in [0.15, 0.2) is 5.13 Å². The van der Waals surface area contributed by atoms with Gasteiger partial charge in [-0.2, -0.15) is 0 Å². The summed E-state index contributed by atoms with van der Waals surface area (Å²) >= 11 is 7.44. The van der Waals surface area contributed by atoms with Crippen LogP contribution in [0.1, 0.15) is 12.8 Å². The normalized spacial score (nSPS) is 13.5. The van der Waals surface area contributed by atoms with Gasteiger partial charge in [0, 0.05) is 33.3 Å². The fourth-order valence-electron chi connectivity index (χ4n) is 2.47. The lowest BCUT2D eigenvalue weighted by Crippen LogP contribution is -2.13. The first-order chi connectivity index (χ1) is 12.2. The van der Waals surface area contributed by atoms with Crippen molar-refractivity contribution in [2.24, 2.45) is 5.92 Å². The molecule has 6 heteroatoms. The average Bonchev–Trinajstić information content (AvgIpc) is 3.37. The molecule has 1 amide bonds. The van der Waals surface area contributed by atoms with E-state index in [0.29, 0.717) is 5.02 Å². The zero-order valence-electron chi connectivity index (χ0n) is 13.3. The molecule has 0 aliphatic heterocycles. The van der Waals surface area contributed by atoms with E-state index in [1.165, 1.54) is 11.3 Å². The van der Waals surface area contributed by atoms with Gasteiger partial charge in [-0.25, -0.2) is 4.98 Å². The average molecular weight is 370 g/mol. The maximum atomic E-state index is 11.9. The number of aromatic nitrogens is 1. The molecule has 0 spiro atoms. The number of carbonyl (C=O) groups is 1. The molecule has 1 aliphatic carbocycles. The van der Waals surface area contributed by atoms with E-state index in [1.54, 1.807) is 0 Å². The van der Waals surface area contributed by atoms with Crippen molar-refractivity contribution in [2.75, 3.05) is 10.6 Å². The van der Waals surface area contributed by atoms with Crippen LogP contribution in [0.3, 0.4) is 0 Å². The van der Waals surface area contributed by atoms with Crippen LogP contribution in [0.25, 0.3) is 11.3 Å². The predicted molar refractivity (Wildman–Crippen MR) is 104 cm³/mol. The molecule has 0 bridgehead atoms. The number of rotatable bonds is 5. The molecule has 3 aromatic rings. The van der Waals surface area contributed by atoms with Gasteiger partial charge < -0.3 is 10.6 Å². The summed E-state index contributed by atoms with van der Waals surface area (Å²) in [7, 11) is 0. The monoisotopic (exact) mass is 369 g/mol. The molecule has 0 radical (unpaired) electrons. The summed E-state index contributed by atoms with van der Waals surface area (Å²) < 4.78 is 0. The topological polar surface area (TPSA) is 54.0 Å². The van der Waals surface area contributed by atoms with Crippen molar-refractivity contribution in [3.8, 4) is 11.3 Å². The van der Waals surface area contributed by atoms with Crippen LogP contribution in [-0.2, 0) is 4.79 Å². The molecule has 1 saturated carbocycles. The van der Waals surface area contributed by atoms with Crippen molar-refractivity contribution in [1.29, 1.82) is 0 Å². The second kappa shape index (κ2) is 6.86. The highest BCUT2D eigenvalue weighted by Gasteiger charge is 2.29. The number of benzene rings is 2. The Bertz CT molecular complexity index is 903. The Hall–Kier alpha value is -2.37. The Morgan fingerprint density at radius 1 is 1.12 bits per heavy atom. The molecule has 1 fully saturated rings. The summed E-state index contributed by atoms with van der Waals surface area (Å²) in [6.45, 7) is 0. The van der Waals surface area contributed by atoms with Gasteiger partial charge >= 0.3 is 0 Å². The molecule has 4 rings (SSSR count). The quantitative estimate of drug-likeness (QED) is 0.619. The molecule has 0 atom stereocenters. The number of nitrogens with one attached hydrogen (secondary N) is 2. The minimum absolute atomic E-state index is 0.112. The highest BCUT2D eigenvalue weighted by Crippen LogP contribution is 2.32. The summed E-state index contributed by atoms with van der Waals surface area (Å²) in [6.07, 6.45) is 1.99. The van der Waals surface area contributed by atoms with Crippen molar-refractivity contribution in [3.63, 3.8) is 0 Å². The number of hydrogen-bond donors (Lipinski definition) is 2. The number of anilines is 3. The van der Waals surface area contributed by atoms with Crippen LogP contribution in [0.4, 0.5) is 16.5 Å². The van der Waals surface area contributed by atoms with Gasteiger partial charge in [0.2, 0.25) is 5.91 Å². The Kier molecular flexibility index (Phi) is 4.42. The zero-order valence-corrected chi connectivity index (χ0v) is 14.9. The van der Waals surface area contributed by atoms with E-state index in [9.17, 15) is 4.79 Å². The number of hydrogen-bond acceptors (Lipinski definition) is 4. The second-order valence-corrected chi connectivity index (χ2v) is 7.31. The van der Waals surface area contributed by atoms with Crippen molar-refractivity contribution in [2.45, 2.75) is 12.8 Å². The van der Waals surface area contributed by atoms with E-state index in [0.717, 1.165) is 40.6 Å². The highest BCUT2D eigenvalue weighted by atomic mass is 35.5. The molecule has 1 aromatic heterocycles. The molecule has 2 N–H and O–H groups in total. The summed E-state index contributed by atoms with van der Waals surface area (Å²) in [5.74, 6) is 0.304. The molecule has 0 unspecified atom stereocenters. The Labute approximate surface area is 154 Å². The van der Waals surface area contributed by atoms with Crippen LogP contribution in [0.2, 0.25) is 5.02 Å². The lowest BCUT2D eigenvalue weighted by molar-refractivity contribution is -0.117. The molecule has 126 valence electrons. The van der Waals surface area contributed by atoms with Crippen molar-refractivity contribution >= 4 is 45.4 Å². The van der Waals surface area contributed by atoms with Gasteiger partial charge in [-0.15, -0.1) is 11.3 Å². The number of amides is 1. The number of thiazole rings is 1. The molecule has 4 nitrogen and oxygen atoms in total. The van der Waals surface area contributed by atoms with Crippen LogP contribution in [-0.4, -0.2) is 10.9 Å². The fraction of sp³-hybridized carbons (Fsp3) is 0.158. The van der Waals surface area contributed by atoms with Gasteiger partial charge in [0.05, 0.1) is 5.69 Å². The van der Waals surface area contributed by atoms with Crippen molar-refractivity contribution in [1.82, 2.24) is 4.98 Å². The Balaban J connectivity index is 1.49. The summed E-state index contributed by atoms with van der Waals surface area (Å²) in [4.78, 5) is 16.5. The lowest BCUT2D eigenvalue weighted by atomic mass is 10.1. The van der Waals surface area contributed by atoms with E-state index in [-0.39, 0.29) is 11.8 Å². The minimum Gasteiger partial charge on any atom is -0.332 e. The van der Waals surface area contributed by atoms with Gasteiger partial charge in [-0.05, 0) is 49.2 Å². The van der Waals surface area contributed by atoms with Crippen LogP contribution in [0.15, 0.2) is 53.9 Å². The van der Waals surface area contributed by atoms with E-state index in [1.807, 2.05) is 53.9 Å². The van der Waals surface area contributed by atoms with Gasteiger partial charge in [-0.3, -0.25) is 4.79 Å². The van der Waals surface area contributed by atoms with Crippen LogP contribution in [0, 0.1) is 5.92 Å². The summed E-state index contributed by atoms with van der Waals surface area (Å²) in [5.41, 5.74) is 3.61. The maximum absolute atomic E-state index is 11.9. The number of carbonyl (C=O) groups excluding carboxylic acids is 1. The molecular weight excluding hydrogens is 354 g/mol. The summed E-state index contributed by atoms with van der Waals surface area (Å²) in [5, 5.41) is 9.76. The summed E-state index contributed by atoms with van der Waals surface area (Å²) in [6, 6.07) is 15.3. The van der Waals surface area contributed by atoms with Crippen molar-refractivity contribution < 1.29 is 4.79 Å². The molecular formula is C19H16ClN3OS. The standard InChI is InChI=1S/C19H16ClN3OS/c20-14-6-8-15(9-7-14)22-19-23-17(11-25-19)13-2-1-3-16(10-13)21-18(24)12-4-5-12/h1-3,6-12H,4-5H2,(H,21,24)(H,22,23). The predicted octanol–water partition coefficient (Wildman–Crippen LogP) is 5.56. The van der Waals surface area contributed by atoms with E-state index in [4.69, 9.17) is 11.6 Å². The fourth-order valence-corrected chi connectivity index (χ4v) is 3.33. The van der Waals surface area contributed by atoms with Crippen LogP contribution >= 0.6 is 22.9 Å². The number of halogens is 1. The van der Waals surface area contributed by atoms with Gasteiger partial charge in [0.25, 0.3) is 0 Å².